The fourth-order valence-corrected chi connectivity index (χ4v) is 2.77. The fraction of sp³-hybridized carbons (Fsp3) is 0.300. The van der Waals surface area contributed by atoms with Gasteiger partial charge in [-0.15, -0.1) is 0 Å². The number of hydrogen-bond acceptors (Lipinski definition) is 4. The van der Waals surface area contributed by atoms with Crippen molar-refractivity contribution in [1.29, 1.82) is 0 Å². The molecule has 26 heavy (non-hydrogen) atoms. The summed E-state index contributed by atoms with van der Waals surface area (Å²) in [6.45, 7) is 3.88. The molecule has 1 N–H and O–H groups in total. The van der Waals surface area contributed by atoms with Crippen LogP contribution in [0.3, 0.4) is 0 Å². The molecule has 6 heteroatoms. The molecular formula is C20H22N2O4. The van der Waals surface area contributed by atoms with Crippen LogP contribution in [0, 0.1) is 0 Å². The second-order valence-corrected chi connectivity index (χ2v) is 6.19. The van der Waals surface area contributed by atoms with Gasteiger partial charge in [0.2, 0.25) is 0 Å². The Hall–Kier alpha value is -2.86. The van der Waals surface area contributed by atoms with Crippen LogP contribution in [0.25, 0.3) is 0 Å². The minimum atomic E-state index is -0.533. The highest BCUT2D eigenvalue weighted by atomic mass is 16.5. The van der Waals surface area contributed by atoms with Gasteiger partial charge in [0.15, 0.2) is 0 Å². The lowest BCUT2D eigenvalue weighted by atomic mass is 10.1. The Bertz CT molecular complexity index is 746. The van der Waals surface area contributed by atoms with Crippen molar-refractivity contribution in [2.24, 2.45) is 0 Å². The summed E-state index contributed by atoms with van der Waals surface area (Å²) >= 11 is 0. The lowest BCUT2D eigenvalue weighted by Gasteiger charge is -2.33. The van der Waals surface area contributed by atoms with Gasteiger partial charge in [-0.2, -0.15) is 0 Å². The van der Waals surface area contributed by atoms with Gasteiger partial charge in [0.1, 0.15) is 6.61 Å². The fourth-order valence-electron chi connectivity index (χ4n) is 2.77. The molecule has 0 aliphatic carbocycles. The summed E-state index contributed by atoms with van der Waals surface area (Å²) in [5.74, 6) is -0.0287. The van der Waals surface area contributed by atoms with Crippen LogP contribution in [0.1, 0.15) is 22.8 Å². The van der Waals surface area contributed by atoms with Crippen molar-refractivity contribution in [2.75, 3.05) is 25.1 Å². The number of carbonyl (C=O) groups excluding carboxylic acids is 2. The number of anilines is 1. The number of benzene rings is 2. The zero-order chi connectivity index (χ0) is 18.4. The van der Waals surface area contributed by atoms with Gasteiger partial charge in [0.25, 0.3) is 5.91 Å². The molecule has 0 spiro atoms. The first-order valence-corrected chi connectivity index (χ1v) is 8.60. The van der Waals surface area contributed by atoms with Crippen LogP contribution in [0.4, 0.5) is 10.5 Å². The first kappa shape index (κ1) is 17.9. The molecule has 1 heterocycles. The van der Waals surface area contributed by atoms with Crippen molar-refractivity contribution in [2.45, 2.75) is 19.6 Å². The third-order valence-corrected chi connectivity index (χ3v) is 4.22. The average Bonchev–Trinajstić information content (AvgIpc) is 2.68. The number of nitrogens with one attached hydrogen (secondary N) is 1. The van der Waals surface area contributed by atoms with Gasteiger partial charge in [-0.3, -0.25) is 10.1 Å². The summed E-state index contributed by atoms with van der Waals surface area (Å²) in [6, 6.07) is 16.3. The SMILES string of the molecule is CC1COCCN1C(=O)c1ccc(NC(=O)OCc2ccccc2)cc1. The van der Waals surface area contributed by atoms with Gasteiger partial charge in [-0.25, -0.2) is 4.79 Å². The van der Waals surface area contributed by atoms with Crippen LogP contribution in [0.2, 0.25) is 0 Å². The predicted molar refractivity (Wildman–Crippen MR) is 98.0 cm³/mol. The number of nitrogens with zero attached hydrogens (tertiary/aromatic N) is 1. The van der Waals surface area contributed by atoms with Crippen LogP contribution in [-0.4, -0.2) is 42.7 Å². The number of amides is 2. The Morgan fingerprint density at radius 2 is 1.88 bits per heavy atom. The molecule has 3 rings (SSSR count). The molecular weight excluding hydrogens is 332 g/mol. The molecule has 2 aromatic carbocycles. The monoisotopic (exact) mass is 354 g/mol. The Kier molecular flexibility index (Phi) is 5.86. The van der Waals surface area contributed by atoms with Crippen molar-refractivity contribution < 1.29 is 19.1 Å². The van der Waals surface area contributed by atoms with E-state index in [0.29, 0.717) is 31.0 Å². The van der Waals surface area contributed by atoms with Gasteiger partial charge >= 0.3 is 6.09 Å². The first-order chi connectivity index (χ1) is 12.6. The highest BCUT2D eigenvalue weighted by molar-refractivity contribution is 5.95. The molecule has 0 aromatic heterocycles. The molecule has 1 aliphatic heterocycles. The second kappa shape index (κ2) is 8.49. The molecule has 1 fully saturated rings. The maximum absolute atomic E-state index is 12.6. The van der Waals surface area contributed by atoms with Crippen LogP contribution in [-0.2, 0) is 16.1 Å². The zero-order valence-electron chi connectivity index (χ0n) is 14.7. The molecule has 0 saturated carbocycles. The van der Waals surface area contributed by atoms with Crippen molar-refractivity contribution in [3.05, 3.63) is 65.7 Å². The van der Waals surface area contributed by atoms with E-state index in [1.54, 1.807) is 29.2 Å². The summed E-state index contributed by atoms with van der Waals surface area (Å²) in [5, 5.41) is 2.66. The standard InChI is InChI=1S/C20H22N2O4/c1-15-13-25-12-11-22(15)19(23)17-7-9-18(10-8-17)21-20(24)26-14-16-5-3-2-4-6-16/h2-10,15H,11-14H2,1H3,(H,21,24). The highest BCUT2D eigenvalue weighted by Crippen LogP contribution is 2.15. The molecule has 0 bridgehead atoms. The van der Waals surface area contributed by atoms with Crippen molar-refractivity contribution in [1.82, 2.24) is 4.90 Å². The maximum atomic E-state index is 12.6. The maximum Gasteiger partial charge on any atom is 0.411 e. The number of ether oxygens (including phenoxy) is 2. The molecule has 1 atom stereocenters. The van der Waals surface area contributed by atoms with Crippen LogP contribution >= 0.6 is 0 Å². The molecule has 136 valence electrons. The Morgan fingerprint density at radius 3 is 2.58 bits per heavy atom. The number of morpholine rings is 1. The van der Waals surface area contributed by atoms with Gasteiger partial charge in [-0.1, -0.05) is 30.3 Å². The van der Waals surface area contributed by atoms with Crippen molar-refractivity contribution in [3.8, 4) is 0 Å². The van der Waals surface area contributed by atoms with Crippen molar-refractivity contribution in [3.63, 3.8) is 0 Å². The summed E-state index contributed by atoms with van der Waals surface area (Å²) in [7, 11) is 0. The Morgan fingerprint density at radius 1 is 1.15 bits per heavy atom. The van der Waals surface area contributed by atoms with E-state index in [9.17, 15) is 9.59 Å². The summed E-state index contributed by atoms with van der Waals surface area (Å²) in [4.78, 5) is 26.2. The number of hydrogen-bond donors (Lipinski definition) is 1. The average molecular weight is 354 g/mol. The molecule has 0 radical (unpaired) electrons. The molecule has 2 aromatic rings. The Labute approximate surface area is 152 Å². The predicted octanol–water partition coefficient (Wildman–Crippen LogP) is 3.30. The number of carbonyl (C=O) groups is 2. The zero-order valence-corrected chi connectivity index (χ0v) is 14.7. The van der Waals surface area contributed by atoms with Gasteiger partial charge in [0, 0.05) is 17.8 Å². The van der Waals surface area contributed by atoms with Gasteiger partial charge in [-0.05, 0) is 36.8 Å². The lowest BCUT2D eigenvalue weighted by Crippen LogP contribution is -2.47. The van der Waals surface area contributed by atoms with Gasteiger partial charge < -0.3 is 14.4 Å². The summed E-state index contributed by atoms with van der Waals surface area (Å²) in [6.07, 6.45) is -0.533. The summed E-state index contributed by atoms with van der Waals surface area (Å²) in [5.41, 5.74) is 2.08. The lowest BCUT2D eigenvalue weighted by molar-refractivity contribution is 0.00359. The van der Waals surface area contributed by atoms with E-state index < -0.39 is 6.09 Å². The molecule has 1 unspecified atom stereocenters. The van der Waals surface area contributed by atoms with Crippen molar-refractivity contribution >= 4 is 17.7 Å². The third-order valence-electron chi connectivity index (χ3n) is 4.22. The van der Waals surface area contributed by atoms with E-state index >= 15 is 0 Å². The van der Waals surface area contributed by atoms with E-state index in [1.807, 2.05) is 37.3 Å². The normalized spacial score (nSPS) is 16.8. The van der Waals surface area contributed by atoms with E-state index in [2.05, 4.69) is 5.32 Å². The minimum Gasteiger partial charge on any atom is -0.444 e. The van der Waals surface area contributed by atoms with Crippen LogP contribution in [0.15, 0.2) is 54.6 Å². The van der Waals surface area contributed by atoms with E-state index in [4.69, 9.17) is 9.47 Å². The third kappa shape index (κ3) is 4.61. The highest BCUT2D eigenvalue weighted by Gasteiger charge is 2.24. The Balaban J connectivity index is 1.53. The van der Waals surface area contributed by atoms with E-state index in [1.165, 1.54) is 0 Å². The smallest absolute Gasteiger partial charge is 0.411 e. The molecule has 2 amide bonds. The number of rotatable bonds is 4. The topological polar surface area (TPSA) is 67.9 Å². The molecule has 6 nitrogen and oxygen atoms in total. The first-order valence-electron chi connectivity index (χ1n) is 8.60. The molecule has 1 saturated heterocycles. The minimum absolute atomic E-state index is 0.0287. The second-order valence-electron chi connectivity index (χ2n) is 6.19. The van der Waals surface area contributed by atoms with E-state index in [0.717, 1.165) is 5.56 Å². The van der Waals surface area contributed by atoms with Crippen LogP contribution < -0.4 is 5.32 Å². The van der Waals surface area contributed by atoms with Crippen LogP contribution in [0.5, 0.6) is 0 Å². The quantitative estimate of drug-likeness (QED) is 0.915. The van der Waals surface area contributed by atoms with E-state index in [-0.39, 0.29) is 18.6 Å². The molecule has 1 aliphatic rings. The summed E-state index contributed by atoms with van der Waals surface area (Å²) < 4.78 is 10.5. The largest absolute Gasteiger partial charge is 0.444 e. The van der Waals surface area contributed by atoms with Gasteiger partial charge in [0.05, 0.1) is 19.3 Å².